The molecule has 114 valence electrons. The van der Waals surface area contributed by atoms with Crippen LogP contribution < -0.4 is 0 Å². The summed E-state index contributed by atoms with van der Waals surface area (Å²) in [7, 11) is 0. The number of carboxylic acid groups (broad SMARTS) is 1. The molecule has 0 spiro atoms. The van der Waals surface area contributed by atoms with Crippen LogP contribution in [0.2, 0.25) is 0 Å². The Balaban J connectivity index is 1.88. The smallest absolute Gasteiger partial charge is 0.306 e. The Kier molecular flexibility index (Phi) is 4.90. The van der Waals surface area contributed by atoms with Crippen molar-refractivity contribution >= 4 is 11.7 Å². The molecule has 0 amide bonds. The number of nitro benzene ring substituents is 1. The lowest BCUT2D eigenvalue weighted by Gasteiger charge is -2.34. The van der Waals surface area contributed by atoms with Crippen LogP contribution in [-0.2, 0) is 11.2 Å². The molecule has 1 aliphatic rings. The minimum atomic E-state index is -0.697. The van der Waals surface area contributed by atoms with Gasteiger partial charge in [-0.2, -0.15) is 0 Å². The monoisotopic (exact) mass is 292 g/mol. The molecule has 1 unspecified atom stereocenters. The summed E-state index contributed by atoms with van der Waals surface area (Å²) in [6.07, 6.45) is 2.20. The van der Waals surface area contributed by atoms with Crippen LogP contribution in [0.15, 0.2) is 24.3 Å². The van der Waals surface area contributed by atoms with Crippen molar-refractivity contribution in [3.05, 3.63) is 39.9 Å². The zero-order valence-electron chi connectivity index (χ0n) is 12.1. The lowest BCUT2D eigenvalue weighted by Crippen LogP contribution is -2.42. The molecule has 21 heavy (non-hydrogen) atoms. The highest BCUT2D eigenvalue weighted by Crippen LogP contribution is 2.21. The highest BCUT2D eigenvalue weighted by Gasteiger charge is 2.26. The molecule has 1 atom stereocenters. The van der Waals surface area contributed by atoms with Crippen molar-refractivity contribution in [1.82, 2.24) is 4.90 Å². The van der Waals surface area contributed by atoms with E-state index in [0.29, 0.717) is 18.9 Å². The van der Waals surface area contributed by atoms with E-state index >= 15 is 0 Å². The van der Waals surface area contributed by atoms with Gasteiger partial charge in [-0.3, -0.25) is 14.9 Å². The SMILES string of the molecule is CC(Cc1ccc([N+](=O)[O-])cc1)N1CCC(C(=O)O)CC1. The second-order valence-corrected chi connectivity index (χ2v) is 5.63. The van der Waals surface area contributed by atoms with E-state index in [-0.39, 0.29) is 11.6 Å². The Morgan fingerprint density at radius 2 is 1.95 bits per heavy atom. The van der Waals surface area contributed by atoms with Crippen LogP contribution in [-0.4, -0.2) is 40.0 Å². The zero-order chi connectivity index (χ0) is 15.4. The van der Waals surface area contributed by atoms with E-state index in [4.69, 9.17) is 5.11 Å². The van der Waals surface area contributed by atoms with Gasteiger partial charge in [-0.05, 0) is 44.8 Å². The van der Waals surface area contributed by atoms with Crippen molar-refractivity contribution in [1.29, 1.82) is 0 Å². The summed E-state index contributed by atoms with van der Waals surface area (Å²) in [4.78, 5) is 23.4. The highest BCUT2D eigenvalue weighted by molar-refractivity contribution is 5.70. The summed E-state index contributed by atoms with van der Waals surface area (Å²) in [6.45, 7) is 3.71. The molecule has 2 rings (SSSR count). The standard InChI is InChI=1S/C15H20N2O4/c1-11(16-8-6-13(7-9-16)15(18)19)10-12-2-4-14(5-3-12)17(20)21/h2-5,11,13H,6-10H2,1H3,(H,18,19). The first-order valence-corrected chi connectivity index (χ1v) is 7.17. The van der Waals surface area contributed by atoms with Gasteiger partial charge in [-0.1, -0.05) is 12.1 Å². The van der Waals surface area contributed by atoms with Crippen LogP contribution >= 0.6 is 0 Å². The maximum Gasteiger partial charge on any atom is 0.306 e. The molecule has 0 radical (unpaired) electrons. The molecular weight excluding hydrogens is 272 g/mol. The minimum Gasteiger partial charge on any atom is -0.481 e. The Hall–Kier alpha value is -1.95. The minimum absolute atomic E-state index is 0.105. The normalized spacial score (nSPS) is 18.3. The number of aliphatic carboxylic acids is 1. The number of hydrogen-bond acceptors (Lipinski definition) is 4. The van der Waals surface area contributed by atoms with Crippen molar-refractivity contribution in [3.63, 3.8) is 0 Å². The van der Waals surface area contributed by atoms with E-state index in [1.165, 1.54) is 12.1 Å². The van der Waals surface area contributed by atoms with Crippen LogP contribution in [0.4, 0.5) is 5.69 Å². The number of carboxylic acids is 1. The Morgan fingerprint density at radius 3 is 2.43 bits per heavy atom. The number of carbonyl (C=O) groups is 1. The number of likely N-dealkylation sites (tertiary alicyclic amines) is 1. The molecule has 0 aromatic heterocycles. The van der Waals surface area contributed by atoms with Crippen LogP contribution in [0.3, 0.4) is 0 Å². The molecular formula is C15H20N2O4. The average Bonchev–Trinajstić information content (AvgIpc) is 2.47. The molecule has 0 bridgehead atoms. The van der Waals surface area contributed by atoms with Crippen LogP contribution in [0, 0.1) is 16.0 Å². The van der Waals surface area contributed by atoms with Gasteiger partial charge >= 0.3 is 5.97 Å². The molecule has 6 nitrogen and oxygen atoms in total. The van der Waals surface area contributed by atoms with Gasteiger partial charge in [0.05, 0.1) is 10.8 Å². The van der Waals surface area contributed by atoms with E-state index in [2.05, 4.69) is 11.8 Å². The lowest BCUT2D eigenvalue weighted by atomic mass is 9.95. The zero-order valence-corrected chi connectivity index (χ0v) is 12.1. The third-order valence-corrected chi connectivity index (χ3v) is 4.18. The first kappa shape index (κ1) is 15.4. The number of hydrogen-bond donors (Lipinski definition) is 1. The maximum atomic E-state index is 10.9. The van der Waals surface area contributed by atoms with Crippen molar-refractivity contribution < 1.29 is 14.8 Å². The second kappa shape index (κ2) is 6.67. The van der Waals surface area contributed by atoms with E-state index in [1.54, 1.807) is 12.1 Å². The third kappa shape index (κ3) is 4.01. The molecule has 1 fully saturated rings. The van der Waals surface area contributed by atoms with Gasteiger partial charge in [-0.15, -0.1) is 0 Å². The van der Waals surface area contributed by atoms with Crippen LogP contribution in [0.1, 0.15) is 25.3 Å². The average molecular weight is 292 g/mol. The first-order valence-electron chi connectivity index (χ1n) is 7.17. The van der Waals surface area contributed by atoms with E-state index in [9.17, 15) is 14.9 Å². The van der Waals surface area contributed by atoms with Gasteiger partial charge in [-0.25, -0.2) is 0 Å². The van der Waals surface area contributed by atoms with Gasteiger partial charge in [0.2, 0.25) is 0 Å². The fraction of sp³-hybridized carbons (Fsp3) is 0.533. The Labute approximate surface area is 123 Å². The molecule has 1 aromatic rings. The van der Waals surface area contributed by atoms with E-state index in [1.807, 2.05) is 0 Å². The molecule has 1 aliphatic heterocycles. The first-order chi connectivity index (χ1) is 9.97. The summed E-state index contributed by atoms with van der Waals surface area (Å²) in [5, 5.41) is 19.6. The predicted octanol–water partition coefficient (Wildman–Crippen LogP) is 2.32. The van der Waals surface area contributed by atoms with Gasteiger partial charge in [0.15, 0.2) is 0 Å². The molecule has 6 heteroatoms. The molecule has 0 aliphatic carbocycles. The second-order valence-electron chi connectivity index (χ2n) is 5.63. The number of nitro groups is 1. The number of piperidine rings is 1. The number of non-ortho nitro benzene ring substituents is 1. The van der Waals surface area contributed by atoms with Crippen molar-refractivity contribution in [2.24, 2.45) is 5.92 Å². The summed E-state index contributed by atoms with van der Waals surface area (Å²) >= 11 is 0. The number of rotatable bonds is 5. The van der Waals surface area contributed by atoms with E-state index in [0.717, 1.165) is 25.1 Å². The summed E-state index contributed by atoms with van der Waals surface area (Å²) in [6, 6.07) is 6.94. The predicted molar refractivity (Wildman–Crippen MR) is 78.2 cm³/mol. The number of nitrogens with zero attached hydrogens (tertiary/aromatic N) is 2. The van der Waals surface area contributed by atoms with Crippen LogP contribution in [0.5, 0.6) is 0 Å². The quantitative estimate of drug-likeness (QED) is 0.665. The number of benzene rings is 1. The maximum absolute atomic E-state index is 10.9. The molecule has 1 heterocycles. The van der Waals surface area contributed by atoms with Gasteiger partial charge in [0, 0.05) is 18.2 Å². The molecule has 1 aromatic carbocycles. The molecule has 1 N–H and O–H groups in total. The molecule has 1 saturated heterocycles. The third-order valence-electron chi connectivity index (χ3n) is 4.18. The Bertz CT molecular complexity index is 507. The Morgan fingerprint density at radius 1 is 1.38 bits per heavy atom. The van der Waals surface area contributed by atoms with Crippen molar-refractivity contribution in [2.45, 2.75) is 32.2 Å². The van der Waals surface area contributed by atoms with Crippen molar-refractivity contribution in [3.8, 4) is 0 Å². The van der Waals surface area contributed by atoms with Crippen LogP contribution in [0.25, 0.3) is 0 Å². The van der Waals surface area contributed by atoms with Crippen molar-refractivity contribution in [2.75, 3.05) is 13.1 Å². The van der Waals surface area contributed by atoms with Gasteiger partial charge < -0.3 is 10.0 Å². The lowest BCUT2D eigenvalue weighted by molar-refractivity contribution is -0.384. The molecule has 0 saturated carbocycles. The summed E-state index contributed by atoms with van der Waals surface area (Å²) in [5.74, 6) is -0.912. The summed E-state index contributed by atoms with van der Waals surface area (Å²) in [5.41, 5.74) is 1.17. The summed E-state index contributed by atoms with van der Waals surface area (Å²) < 4.78 is 0. The van der Waals surface area contributed by atoms with Gasteiger partial charge in [0.1, 0.15) is 0 Å². The van der Waals surface area contributed by atoms with E-state index < -0.39 is 10.9 Å². The fourth-order valence-corrected chi connectivity index (χ4v) is 2.81. The largest absolute Gasteiger partial charge is 0.481 e. The highest BCUT2D eigenvalue weighted by atomic mass is 16.6. The topological polar surface area (TPSA) is 83.7 Å². The van der Waals surface area contributed by atoms with Gasteiger partial charge in [0.25, 0.3) is 5.69 Å². The fourth-order valence-electron chi connectivity index (χ4n) is 2.81.